The van der Waals surface area contributed by atoms with E-state index in [0.29, 0.717) is 5.92 Å². The van der Waals surface area contributed by atoms with Gasteiger partial charge in [0.15, 0.2) is 5.78 Å². The van der Waals surface area contributed by atoms with Crippen molar-refractivity contribution in [2.24, 2.45) is 11.7 Å². The van der Waals surface area contributed by atoms with E-state index in [1.165, 1.54) is 31.2 Å². The van der Waals surface area contributed by atoms with Crippen LogP contribution in [0.15, 0.2) is 24.3 Å². The van der Waals surface area contributed by atoms with Crippen LogP contribution in [0.5, 0.6) is 0 Å². The van der Waals surface area contributed by atoms with Crippen molar-refractivity contribution >= 4 is 5.78 Å². The van der Waals surface area contributed by atoms with E-state index in [-0.39, 0.29) is 12.3 Å². The molecule has 2 N–H and O–H groups in total. The molecule has 1 aromatic rings. The Kier molecular flexibility index (Phi) is 3.95. The number of hydrogen-bond donors (Lipinski definition) is 1. The average Bonchev–Trinajstić information content (AvgIpc) is 2.39. The van der Waals surface area contributed by atoms with Crippen LogP contribution in [0.3, 0.4) is 0 Å². The van der Waals surface area contributed by atoms with E-state index in [1.807, 2.05) is 18.2 Å². The molecule has 0 aromatic heterocycles. The van der Waals surface area contributed by atoms with Gasteiger partial charge in [-0.15, -0.1) is 0 Å². The van der Waals surface area contributed by atoms with Crippen molar-refractivity contribution in [3.63, 3.8) is 0 Å². The molecule has 2 heteroatoms. The summed E-state index contributed by atoms with van der Waals surface area (Å²) in [7, 11) is 0. The number of carbonyl (C=O) groups is 1. The molecular weight excluding hydrogens is 210 g/mol. The van der Waals surface area contributed by atoms with Crippen LogP contribution in [0.25, 0.3) is 0 Å². The topological polar surface area (TPSA) is 43.1 Å². The Morgan fingerprint density at radius 2 is 2.00 bits per heavy atom. The van der Waals surface area contributed by atoms with E-state index in [4.69, 9.17) is 5.73 Å². The first-order valence-corrected chi connectivity index (χ1v) is 6.54. The highest BCUT2D eigenvalue weighted by Crippen LogP contribution is 2.35. The monoisotopic (exact) mass is 231 g/mol. The molecule has 1 aromatic carbocycles. The molecule has 1 fully saturated rings. The second kappa shape index (κ2) is 5.46. The predicted octanol–water partition coefficient (Wildman–Crippen LogP) is 3.12. The highest BCUT2D eigenvalue weighted by atomic mass is 16.1. The van der Waals surface area contributed by atoms with Crippen molar-refractivity contribution in [1.82, 2.24) is 0 Å². The maximum atomic E-state index is 11.6. The average molecular weight is 231 g/mol. The first kappa shape index (κ1) is 12.3. The fourth-order valence-electron chi connectivity index (χ4n) is 2.68. The van der Waals surface area contributed by atoms with Gasteiger partial charge in [-0.05, 0) is 36.3 Å². The van der Waals surface area contributed by atoms with Gasteiger partial charge < -0.3 is 5.73 Å². The highest BCUT2D eigenvalue weighted by Gasteiger charge is 2.20. The Bertz CT molecular complexity index is 392. The zero-order chi connectivity index (χ0) is 12.3. The molecular formula is C15H21NO. The van der Waals surface area contributed by atoms with Gasteiger partial charge in [0.05, 0.1) is 6.54 Å². The SMILES string of the molecule is CC1CCC(c2cccc(C(=O)CN)c2)CC1. The molecule has 0 aliphatic heterocycles. The van der Waals surface area contributed by atoms with Gasteiger partial charge >= 0.3 is 0 Å². The molecule has 1 saturated carbocycles. The Labute approximate surface area is 103 Å². The fourth-order valence-corrected chi connectivity index (χ4v) is 2.68. The lowest BCUT2D eigenvalue weighted by molar-refractivity contribution is 0.100. The normalized spacial score (nSPS) is 24.6. The molecule has 92 valence electrons. The lowest BCUT2D eigenvalue weighted by atomic mass is 9.79. The molecule has 1 aliphatic carbocycles. The predicted molar refractivity (Wildman–Crippen MR) is 70.2 cm³/mol. The molecule has 0 saturated heterocycles. The summed E-state index contributed by atoms with van der Waals surface area (Å²) in [5, 5.41) is 0. The van der Waals surface area contributed by atoms with Crippen molar-refractivity contribution in [3.8, 4) is 0 Å². The number of benzene rings is 1. The molecule has 2 rings (SSSR count). The first-order valence-electron chi connectivity index (χ1n) is 6.54. The lowest BCUT2D eigenvalue weighted by Crippen LogP contribution is -2.15. The summed E-state index contributed by atoms with van der Waals surface area (Å²) in [5.41, 5.74) is 7.48. The second-order valence-corrected chi connectivity index (χ2v) is 5.21. The van der Waals surface area contributed by atoms with Gasteiger partial charge in [-0.2, -0.15) is 0 Å². The van der Waals surface area contributed by atoms with E-state index in [0.717, 1.165) is 11.5 Å². The molecule has 1 aliphatic rings. The number of nitrogens with two attached hydrogens (primary N) is 1. The highest BCUT2D eigenvalue weighted by molar-refractivity contribution is 5.97. The van der Waals surface area contributed by atoms with Crippen molar-refractivity contribution in [2.45, 2.75) is 38.5 Å². The number of rotatable bonds is 3. The van der Waals surface area contributed by atoms with Crippen molar-refractivity contribution in [2.75, 3.05) is 6.54 Å². The van der Waals surface area contributed by atoms with E-state index in [1.54, 1.807) is 0 Å². The molecule has 0 atom stereocenters. The molecule has 0 bridgehead atoms. The first-order chi connectivity index (χ1) is 8.20. The minimum absolute atomic E-state index is 0.0380. The minimum Gasteiger partial charge on any atom is -0.324 e. The van der Waals surface area contributed by atoms with Gasteiger partial charge in [0.2, 0.25) is 0 Å². The van der Waals surface area contributed by atoms with Gasteiger partial charge in [0.25, 0.3) is 0 Å². The Balaban J connectivity index is 2.13. The smallest absolute Gasteiger partial charge is 0.176 e. The molecule has 0 amide bonds. The molecule has 0 spiro atoms. The van der Waals surface area contributed by atoms with Gasteiger partial charge in [0.1, 0.15) is 0 Å². The Hall–Kier alpha value is -1.15. The molecule has 0 unspecified atom stereocenters. The number of Topliss-reactive ketones (excluding diaryl/α,β-unsaturated/α-hetero) is 1. The summed E-state index contributed by atoms with van der Waals surface area (Å²) < 4.78 is 0. The molecule has 17 heavy (non-hydrogen) atoms. The lowest BCUT2D eigenvalue weighted by Gasteiger charge is -2.26. The summed E-state index contributed by atoms with van der Waals surface area (Å²) >= 11 is 0. The summed E-state index contributed by atoms with van der Waals surface area (Å²) in [6, 6.07) is 8.03. The van der Waals surface area contributed by atoms with Crippen LogP contribution in [0, 0.1) is 5.92 Å². The van der Waals surface area contributed by atoms with Crippen LogP contribution in [0.4, 0.5) is 0 Å². The standard InChI is InChI=1S/C15H21NO/c1-11-5-7-12(8-6-11)13-3-2-4-14(9-13)15(17)10-16/h2-4,9,11-12H,5-8,10,16H2,1H3. The fraction of sp³-hybridized carbons (Fsp3) is 0.533. The van der Waals surface area contributed by atoms with Crippen molar-refractivity contribution < 1.29 is 4.79 Å². The third-order valence-corrected chi connectivity index (χ3v) is 3.88. The van der Waals surface area contributed by atoms with Crippen LogP contribution in [-0.2, 0) is 0 Å². The summed E-state index contributed by atoms with van der Waals surface area (Å²) in [4.78, 5) is 11.6. The third-order valence-electron chi connectivity index (χ3n) is 3.88. The maximum absolute atomic E-state index is 11.6. The van der Waals surface area contributed by atoms with Crippen LogP contribution in [0.2, 0.25) is 0 Å². The van der Waals surface area contributed by atoms with Gasteiger partial charge in [0, 0.05) is 5.56 Å². The largest absolute Gasteiger partial charge is 0.324 e. The van der Waals surface area contributed by atoms with E-state index in [9.17, 15) is 4.79 Å². The Morgan fingerprint density at radius 1 is 1.29 bits per heavy atom. The zero-order valence-electron chi connectivity index (χ0n) is 10.5. The summed E-state index contributed by atoms with van der Waals surface area (Å²) in [5.74, 6) is 1.54. The number of ketones is 1. The number of carbonyl (C=O) groups excluding carboxylic acids is 1. The maximum Gasteiger partial charge on any atom is 0.176 e. The van der Waals surface area contributed by atoms with E-state index in [2.05, 4.69) is 13.0 Å². The molecule has 2 nitrogen and oxygen atoms in total. The van der Waals surface area contributed by atoms with Crippen LogP contribution in [-0.4, -0.2) is 12.3 Å². The number of hydrogen-bond acceptors (Lipinski definition) is 2. The van der Waals surface area contributed by atoms with E-state index >= 15 is 0 Å². The molecule has 0 heterocycles. The van der Waals surface area contributed by atoms with Crippen LogP contribution < -0.4 is 5.73 Å². The van der Waals surface area contributed by atoms with Crippen LogP contribution in [0.1, 0.15) is 54.4 Å². The van der Waals surface area contributed by atoms with Gasteiger partial charge in [-0.1, -0.05) is 38.0 Å². The second-order valence-electron chi connectivity index (χ2n) is 5.21. The Morgan fingerprint density at radius 3 is 2.65 bits per heavy atom. The van der Waals surface area contributed by atoms with Crippen molar-refractivity contribution in [3.05, 3.63) is 35.4 Å². The summed E-state index contributed by atoms with van der Waals surface area (Å²) in [6.07, 6.45) is 5.11. The zero-order valence-corrected chi connectivity index (χ0v) is 10.5. The van der Waals surface area contributed by atoms with Gasteiger partial charge in [-0.25, -0.2) is 0 Å². The van der Waals surface area contributed by atoms with Crippen molar-refractivity contribution in [1.29, 1.82) is 0 Å². The van der Waals surface area contributed by atoms with Gasteiger partial charge in [-0.3, -0.25) is 4.79 Å². The molecule has 0 radical (unpaired) electrons. The third kappa shape index (κ3) is 2.95. The van der Waals surface area contributed by atoms with Crippen LogP contribution >= 0.6 is 0 Å². The minimum atomic E-state index is 0.0380. The van der Waals surface area contributed by atoms with E-state index < -0.39 is 0 Å². The summed E-state index contributed by atoms with van der Waals surface area (Å²) in [6.45, 7) is 2.43. The quantitative estimate of drug-likeness (QED) is 0.812.